The predicted octanol–water partition coefficient (Wildman–Crippen LogP) is 3.97. The SMILES string of the molecule is CC(C)(C)OC(=O)C12C=CC(CC1)C2.O=C(O)C1CC2C=CC1C2. The van der Waals surface area contributed by atoms with Gasteiger partial charge in [0.1, 0.15) is 5.60 Å². The first-order chi connectivity index (χ1) is 11.2. The molecule has 24 heavy (non-hydrogen) atoms. The highest BCUT2D eigenvalue weighted by Crippen LogP contribution is 2.50. The number of fused-ring (bicyclic) bond motifs is 4. The second-order valence-electron chi connectivity index (χ2n) is 8.74. The number of carboxylic acid groups (broad SMARTS) is 1. The zero-order valence-corrected chi connectivity index (χ0v) is 14.8. The van der Waals surface area contributed by atoms with E-state index in [-0.39, 0.29) is 22.9 Å². The van der Waals surface area contributed by atoms with Crippen LogP contribution in [0.4, 0.5) is 0 Å². The van der Waals surface area contributed by atoms with Crippen molar-refractivity contribution in [2.75, 3.05) is 0 Å². The number of allylic oxidation sites excluding steroid dienone is 3. The Labute approximate surface area is 144 Å². The number of ether oxygens (including phenoxy) is 1. The average Bonchev–Trinajstić information content (AvgIpc) is 3.26. The van der Waals surface area contributed by atoms with E-state index in [1.807, 2.05) is 20.8 Å². The Morgan fingerprint density at radius 3 is 2.21 bits per heavy atom. The minimum atomic E-state index is -0.614. The van der Waals surface area contributed by atoms with E-state index in [1.165, 1.54) is 0 Å². The van der Waals surface area contributed by atoms with Crippen molar-refractivity contribution in [2.45, 2.75) is 58.5 Å². The molecule has 4 heteroatoms. The number of esters is 1. The molecular formula is C20H28O4. The summed E-state index contributed by atoms with van der Waals surface area (Å²) in [5.74, 6) is 0.837. The first kappa shape index (κ1) is 17.2. The highest BCUT2D eigenvalue weighted by atomic mass is 16.6. The predicted molar refractivity (Wildman–Crippen MR) is 91.2 cm³/mol. The molecule has 2 saturated carbocycles. The van der Waals surface area contributed by atoms with E-state index in [0.29, 0.717) is 17.8 Å². The second-order valence-corrected chi connectivity index (χ2v) is 8.74. The third-order valence-corrected chi connectivity index (χ3v) is 5.68. The fraction of sp³-hybridized carbons (Fsp3) is 0.700. The molecule has 0 aromatic heterocycles. The van der Waals surface area contributed by atoms with Gasteiger partial charge in [-0.05, 0) is 70.6 Å². The molecule has 1 N–H and O–H groups in total. The van der Waals surface area contributed by atoms with Gasteiger partial charge in [0, 0.05) is 0 Å². The minimum absolute atomic E-state index is 0.0266. The topological polar surface area (TPSA) is 63.6 Å². The van der Waals surface area contributed by atoms with E-state index in [0.717, 1.165) is 32.1 Å². The van der Waals surface area contributed by atoms with Crippen LogP contribution in [0.15, 0.2) is 24.3 Å². The van der Waals surface area contributed by atoms with Crippen molar-refractivity contribution in [3.63, 3.8) is 0 Å². The van der Waals surface area contributed by atoms with Crippen LogP contribution in [-0.4, -0.2) is 22.6 Å². The molecule has 5 atom stereocenters. The lowest BCUT2D eigenvalue weighted by atomic mass is 9.88. The number of hydrogen-bond acceptors (Lipinski definition) is 3. The number of hydrogen-bond donors (Lipinski definition) is 1. The van der Waals surface area contributed by atoms with Gasteiger partial charge in [-0.25, -0.2) is 0 Å². The van der Waals surface area contributed by atoms with Crippen molar-refractivity contribution in [2.24, 2.45) is 29.1 Å². The van der Waals surface area contributed by atoms with E-state index >= 15 is 0 Å². The van der Waals surface area contributed by atoms with E-state index < -0.39 is 5.97 Å². The molecule has 0 aliphatic heterocycles. The highest BCUT2D eigenvalue weighted by Gasteiger charge is 2.48. The van der Waals surface area contributed by atoms with E-state index in [2.05, 4.69) is 24.3 Å². The molecule has 132 valence electrons. The van der Waals surface area contributed by atoms with Crippen molar-refractivity contribution in [1.82, 2.24) is 0 Å². The van der Waals surface area contributed by atoms with Crippen molar-refractivity contribution in [3.8, 4) is 0 Å². The summed E-state index contributed by atoms with van der Waals surface area (Å²) in [4.78, 5) is 22.5. The Balaban J connectivity index is 0.000000149. The largest absolute Gasteiger partial charge is 0.481 e. The van der Waals surface area contributed by atoms with Gasteiger partial charge in [-0.3, -0.25) is 9.59 Å². The number of carbonyl (C=O) groups is 2. The summed E-state index contributed by atoms with van der Waals surface area (Å²) in [6.45, 7) is 5.77. The lowest BCUT2D eigenvalue weighted by molar-refractivity contribution is -0.164. The van der Waals surface area contributed by atoms with E-state index in [4.69, 9.17) is 9.84 Å². The fourth-order valence-electron chi connectivity index (χ4n) is 4.45. The zero-order valence-electron chi connectivity index (χ0n) is 14.8. The molecule has 4 aliphatic rings. The summed E-state index contributed by atoms with van der Waals surface area (Å²) in [6, 6.07) is 0. The van der Waals surface area contributed by atoms with Crippen LogP contribution in [-0.2, 0) is 14.3 Å². The Morgan fingerprint density at radius 2 is 1.88 bits per heavy atom. The normalized spacial score (nSPS) is 38.1. The summed E-state index contributed by atoms with van der Waals surface area (Å²) in [6.07, 6.45) is 13.5. The Hall–Kier alpha value is -1.58. The average molecular weight is 332 g/mol. The molecule has 0 aromatic carbocycles. The summed E-state index contributed by atoms with van der Waals surface area (Å²) < 4.78 is 5.45. The summed E-state index contributed by atoms with van der Waals surface area (Å²) in [7, 11) is 0. The Kier molecular flexibility index (Phi) is 4.35. The van der Waals surface area contributed by atoms with Crippen molar-refractivity contribution in [3.05, 3.63) is 24.3 Å². The number of carbonyl (C=O) groups excluding carboxylic acids is 1. The van der Waals surface area contributed by atoms with Gasteiger partial charge in [0.25, 0.3) is 0 Å². The molecule has 4 nitrogen and oxygen atoms in total. The van der Waals surface area contributed by atoms with Crippen LogP contribution >= 0.6 is 0 Å². The maximum absolute atomic E-state index is 12.0. The smallest absolute Gasteiger partial charge is 0.316 e. The lowest BCUT2D eigenvalue weighted by Gasteiger charge is -2.27. The summed E-state index contributed by atoms with van der Waals surface area (Å²) >= 11 is 0. The van der Waals surface area contributed by atoms with Crippen molar-refractivity contribution in [1.29, 1.82) is 0 Å². The molecule has 5 unspecified atom stereocenters. The molecule has 4 bridgehead atoms. The quantitative estimate of drug-likeness (QED) is 0.614. The van der Waals surface area contributed by atoms with Gasteiger partial charge in [-0.1, -0.05) is 24.3 Å². The molecule has 2 fully saturated rings. The Morgan fingerprint density at radius 1 is 1.12 bits per heavy atom. The molecule has 0 aromatic rings. The van der Waals surface area contributed by atoms with Gasteiger partial charge in [-0.2, -0.15) is 0 Å². The standard InChI is InChI=1S/C12H18O2.C8H10O2/c1-11(2,3)14-10(13)12-6-4-9(8-12)5-7-12;9-8(10)7-4-5-1-2-6(7)3-5/h4,6,9H,5,7-8H2,1-3H3;1-2,5-7H,3-4H2,(H,9,10). The molecule has 0 radical (unpaired) electrons. The van der Waals surface area contributed by atoms with E-state index in [9.17, 15) is 9.59 Å². The van der Waals surface area contributed by atoms with Crippen molar-refractivity contribution < 1.29 is 19.4 Å². The molecule has 0 saturated heterocycles. The third-order valence-electron chi connectivity index (χ3n) is 5.68. The zero-order chi connectivity index (χ0) is 17.5. The summed E-state index contributed by atoms with van der Waals surface area (Å²) in [5, 5.41) is 8.70. The molecule has 0 spiro atoms. The number of rotatable bonds is 2. The van der Waals surface area contributed by atoms with Gasteiger partial charge in [-0.15, -0.1) is 0 Å². The third kappa shape index (κ3) is 3.42. The van der Waals surface area contributed by atoms with Gasteiger partial charge >= 0.3 is 11.9 Å². The molecule has 0 heterocycles. The monoisotopic (exact) mass is 332 g/mol. The lowest BCUT2D eigenvalue weighted by Crippen LogP contribution is -2.34. The van der Waals surface area contributed by atoms with Crippen molar-refractivity contribution >= 4 is 11.9 Å². The first-order valence-electron chi connectivity index (χ1n) is 9.02. The van der Waals surface area contributed by atoms with Gasteiger partial charge < -0.3 is 9.84 Å². The van der Waals surface area contributed by atoms with Gasteiger partial charge in [0.15, 0.2) is 0 Å². The Bertz CT molecular complexity index is 583. The number of carboxylic acids is 1. The van der Waals surface area contributed by atoms with E-state index in [1.54, 1.807) is 0 Å². The van der Waals surface area contributed by atoms with Crippen LogP contribution in [0.3, 0.4) is 0 Å². The molecule has 4 aliphatic carbocycles. The van der Waals surface area contributed by atoms with Crippen LogP contribution < -0.4 is 0 Å². The first-order valence-corrected chi connectivity index (χ1v) is 9.02. The molecule has 4 rings (SSSR count). The second kappa shape index (κ2) is 6.05. The van der Waals surface area contributed by atoms with Crippen LogP contribution in [0.5, 0.6) is 0 Å². The highest BCUT2D eigenvalue weighted by molar-refractivity contribution is 5.81. The maximum atomic E-state index is 12.0. The molecule has 0 amide bonds. The van der Waals surface area contributed by atoms with Crippen LogP contribution in [0.2, 0.25) is 0 Å². The van der Waals surface area contributed by atoms with Crippen LogP contribution in [0.1, 0.15) is 52.9 Å². The number of aliphatic carboxylic acids is 1. The van der Waals surface area contributed by atoms with Gasteiger partial charge in [0.2, 0.25) is 0 Å². The molecular weight excluding hydrogens is 304 g/mol. The maximum Gasteiger partial charge on any atom is 0.316 e. The minimum Gasteiger partial charge on any atom is -0.481 e. The van der Waals surface area contributed by atoms with Gasteiger partial charge in [0.05, 0.1) is 11.3 Å². The van der Waals surface area contributed by atoms with Crippen LogP contribution in [0.25, 0.3) is 0 Å². The summed E-state index contributed by atoms with van der Waals surface area (Å²) in [5.41, 5.74) is -0.627. The fourth-order valence-corrected chi connectivity index (χ4v) is 4.45. The van der Waals surface area contributed by atoms with Crippen LogP contribution in [0, 0.1) is 29.1 Å².